The third-order valence-electron chi connectivity index (χ3n) is 12.2. The highest BCUT2D eigenvalue weighted by atomic mass is 14.5. The van der Waals surface area contributed by atoms with E-state index in [1.54, 1.807) is 0 Å². The van der Waals surface area contributed by atoms with E-state index in [2.05, 4.69) is 79.7 Å². The largest absolute Gasteiger partial charge is 0.399 e. The Kier molecular flexibility index (Phi) is 12.0. The Morgan fingerprint density at radius 2 is 0.833 bits per heavy atom. The summed E-state index contributed by atoms with van der Waals surface area (Å²) in [5.41, 5.74) is 21.9. The molecular weight excluding hydrogens is 581 g/mol. The highest BCUT2D eigenvalue weighted by molar-refractivity contribution is 5.45. The van der Waals surface area contributed by atoms with E-state index in [1.165, 1.54) is 130 Å². The zero-order chi connectivity index (χ0) is 33.2. The fraction of sp³-hybridized carbons (Fsp3) is 0.478. The van der Waals surface area contributed by atoms with Crippen molar-refractivity contribution in [2.24, 2.45) is 17.8 Å². The van der Waals surface area contributed by atoms with Crippen LogP contribution in [0.15, 0.2) is 97.1 Å². The van der Waals surface area contributed by atoms with E-state index in [4.69, 9.17) is 11.5 Å². The van der Waals surface area contributed by atoms with E-state index in [9.17, 15) is 0 Å². The molecule has 2 fully saturated rings. The highest BCUT2D eigenvalue weighted by Gasteiger charge is 2.38. The lowest BCUT2D eigenvalue weighted by Gasteiger charge is -2.42. The summed E-state index contributed by atoms with van der Waals surface area (Å²) >= 11 is 0. The lowest BCUT2D eigenvalue weighted by Crippen LogP contribution is -2.33. The molecule has 0 radical (unpaired) electrons. The lowest BCUT2D eigenvalue weighted by molar-refractivity contribution is 0.208. The number of benzene rings is 4. The maximum absolute atomic E-state index is 5.93. The van der Waals surface area contributed by atoms with Crippen LogP contribution < -0.4 is 11.5 Å². The topological polar surface area (TPSA) is 52.0 Å². The Bertz CT molecular complexity index is 1410. The molecule has 0 aliphatic heterocycles. The normalized spacial score (nSPS) is 19.7. The maximum atomic E-state index is 5.93. The van der Waals surface area contributed by atoms with E-state index < -0.39 is 0 Å². The Hall–Kier alpha value is -3.52. The molecule has 0 saturated heterocycles. The van der Waals surface area contributed by atoms with Crippen LogP contribution in [0.2, 0.25) is 0 Å². The summed E-state index contributed by atoms with van der Waals surface area (Å²) < 4.78 is 0. The van der Waals surface area contributed by atoms with Crippen molar-refractivity contribution in [3.8, 4) is 0 Å². The molecule has 0 amide bonds. The number of hydrogen-bond acceptors (Lipinski definition) is 2. The third kappa shape index (κ3) is 9.13. The first-order valence-corrected chi connectivity index (χ1v) is 19.4. The minimum Gasteiger partial charge on any atom is -0.399 e. The molecule has 2 heteroatoms. The number of anilines is 2. The first-order chi connectivity index (χ1) is 23.5. The molecule has 2 aliphatic rings. The fourth-order valence-corrected chi connectivity index (χ4v) is 8.97. The van der Waals surface area contributed by atoms with Crippen molar-refractivity contribution in [1.29, 1.82) is 0 Å². The minimum absolute atomic E-state index is 0.0891. The van der Waals surface area contributed by atoms with Gasteiger partial charge in [-0.1, -0.05) is 150 Å². The van der Waals surface area contributed by atoms with Crippen molar-refractivity contribution in [3.05, 3.63) is 130 Å². The van der Waals surface area contributed by atoms with Gasteiger partial charge < -0.3 is 11.5 Å². The predicted octanol–water partition coefficient (Wildman–Crippen LogP) is 12.1. The van der Waals surface area contributed by atoms with Crippen molar-refractivity contribution < 1.29 is 0 Å². The summed E-state index contributed by atoms with van der Waals surface area (Å²) in [6.07, 6.45) is 23.1. The van der Waals surface area contributed by atoms with Crippen LogP contribution in [0.5, 0.6) is 0 Å². The van der Waals surface area contributed by atoms with E-state index >= 15 is 0 Å². The van der Waals surface area contributed by atoms with Gasteiger partial charge in [0.15, 0.2) is 0 Å². The van der Waals surface area contributed by atoms with Gasteiger partial charge in [0.25, 0.3) is 0 Å². The molecule has 0 heterocycles. The van der Waals surface area contributed by atoms with Crippen LogP contribution >= 0.6 is 0 Å². The maximum Gasteiger partial charge on any atom is 0.0314 e. The van der Waals surface area contributed by atoms with Crippen LogP contribution in [0.25, 0.3) is 0 Å². The number of hydrogen-bond donors (Lipinski definition) is 2. The lowest BCUT2D eigenvalue weighted by atomic mass is 9.62. The zero-order valence-corrected chi connectivity index (χ0v) is 29.6. The van der Waals surface area contributed by atoms with Gasteiger partial charge in [-0.2, -0.15) is 0 Å². The van der Waals surface area contributed by atoms with Crippen molar-refractivity contribution in [1.82, 2.24) is 0 Å². The number of unbranched alkanes of at least 4 members (excludes halogenated alkanes) is 3. The average Bonchev–Trinajstić information content (AvgIpc) is 3.13. The van der Waals surface area contributed by atoms with Crippen LogP contribution in [0.4, 0.5) is 11.4 Å². The second-order valence-electron chi connectivity index (χ2n) is 15.6. The number of nitrogens with two attached hydrogens (primary N) is 2. The molecule has 4 N–H and O–H groups in total. The molecule has 0 bridgehead atoms. The zero-order valence-electron chi connectivity index (χ0n) is 29.6. The van der Waals surface area contributed by atoms with Gasteiger partial charge in [0.05, 0.1) is 0 Å². The minimum atomic E-state index is 0.0891. The van der Waals surface area contributed by atoms with Gasteiger partial charge in [0.1, 0.15) is 0 Å². The standard InChI is InChI=1S/C46H60N2/c1-2-3-4-5-6-35-7-9-36(10-8-35)11-12-37-29-31-46(32-30-37,42-21-13-38(14-22-42)33-40-17-25-44(47)26-18-40)43-23-15-39(16-24-43)34-41-19-27-45(48)28-20-41/h13-28,35-37H,2-12,29-34,47-48H2,1H3/t35-,36-. The van der Waals surface area contributed by atoms with Gasteiger partial charge in [-0.3, -0.25) is 0 Å². The van der Waals surface area contributed by atoms with Gasteiger partial charge in [0.2, 0.25) is 0 Å². The second kappa shape index (κ2) is 16.7. The molecule has 0 aromatic heterocycles. The van der Waals surface area contributed by atoms with E-state index in [0.29, 0.717) is 0 Å². The number of nitrogen functional groups attached to an aromatic ring is 2. The molecule has 0 spiro atoms. The molecule has 2 nitrogen and oxygen atoms in total. The average molecular weight is 641 g/mol. The third-order valence-corrected chi connectivity index (χ3v) is 12.2. The first-order valence-electron chi connectivity index (χ1n) is 19.4. The quantitative estimate of drug-likeness (QED) is 0.106. The predicted molar refractivity (Wildman–Crippen MR) is 206 cm³/mol. The summed E-state index contributed by atoms with van der Waals surface area (Å²) in [5, 5.41) is 0. The summed E-state index contributed by atoms with van der Waals surface area (Å²) in [6.45, 7) is 2.32. The van der Waals surface area contributed by atoms with Crippen LogP contribution in [0, 0.1) is 17.8 Å². The van der Waals surface area contributed by atoms with E-state index in [0.717, 1.165) is 42.0 Å². The van der Waals surface area contributed by atoms with Crippen molar-refractivity contribution in [2.45, 2.75) is 121 Å². The van der Waals surface area contributed by atoms with E-state index in [1.807, 2.05) is 24.3 Å². The van der Waals surface area contributed by atoms with Crippen LogP contribution in [0.1, 0.15) is 137 Å². The van der Waals surface area contributed by atoms with Crippen LogP contribution in [0.3, 0.4) is 0 Å². The van der Waals surface area contributed by atoms with E-state index in [-0.39, 0.29) is 5.41 Å². The van der Waals surface area contributed by atoms with Gasteiger partial charge >= 0.3 is 0 Å². The summed E-state index contributed by atoms with van der Waals surface area (Å²) in [5.74, 6) is 2.87. The summed E-state index contributed by atoms with van der Waals surface area (Å²) in [7, 11) is 0. The molecule has 2 saturated carbocycles. The second-order valence-corrected chi connectivity index (χ2v) is 15.6. The fourth-order valence-electron chi connectivity index (χ4n) is 8.97. The SMILES string of the molecule is CCCCCC[C@H]1CC[C@H](CCC2CCC(c3ccc(Cc4ccc(N)cc4)cc3)(c3ccc(Cc4ccc(N)cc4)cc3)CC2)CC1. The molecule has 0 atom stereocenters. The first kappa shape index (κ1) is 34.3. The van der Waals surface area contributed by atoms with Crippen LogP contribution in [-0.2, 0) is 18.3 Å². The molecule has 48 heavy (non-hydrogen) atoms. The van der Waals surface area contributed by atoms with Crippen molar-refractivity contribution >= 4 is 11.4 Å². The monoisotopic (exact) mass is 640 g/mol. The smallest absolute Gasteiger partial charge is 0.0314 e. The molecule has 254 valence electrons. The molecule has 0 unspecified atom stereocenters. The Morgan fingerprint density at radius 3 is 1.25 bits per heavy atom. The highest BCUT2D eigenvalue weighted by Crippen LogP contribution is 2.48. The van der Waals surface area contributed by atoms with Gasteiger partial charge in [0, 0.05) is 16.8 Å². The molecule has 4 aromatic rings. The molecule has 6 rings (SSSR count). The number of rotatable bonds is 14. The molecule has 2 aliphatic carbocycles. The van der Waals surface area contributed by atoms with Gasteiger partial charge in [-0.05, 0) is 114 Å². The Balaban J connectivity index is 1.10. The summed E-state index contributed by atoms with van der Waals surface area (Å²) in [6, 6.07) is 35.9. The van der Waals surface area contributed by atoms with Crippen LogP contribution in [-0.4, -0.2) is 0 Å². The Morgan fingerprint density at radius 1 is 0.458 bits per heavy atom. The van der Waals surface area contributed by atoms with Crippen molar-refractivity contribution in [2.75, 3.05) is 11.5 Å². The summed E-state index contributed by atoms with van der Waals surface area (Å²) in [4.78, 5) is 0. The molecular formula is C46H60N2. The molecule has 4 aromatic carbocycles. The Labute approximate surface area is 291 Å². The van der Waals surface area contributed by atoms with Gasteiger partial charge in [-0.15, -0.1) is 0 Å². The van der Waals surface area contributed by atoms with Crippen molar-refractivity contribution in [3.63, 3.8) is 0 Å². The van der Waals surface area contributed by atoms with Gasteiger partial charge in [-0.25, -0.2) is 0 Å².